The summed E-state index contributed by atoms with van der Waals surface area (Å²) in [5.74, 6) is -0.183. The molecular formula is C28H33N5O2. The van der Waals surface area contributed by atoms with E-state index in [1.54, 1.807) is 12.4 Å². The Hall–Kier alpha value is -3.71. The number of pyridine rings is 1. The summed E-state index contributed by atoms with van der Waals surface area (Å²) in [7, 11) is 0. The maximum atomic E-state index is 13.0. The molecule has 3 N–H and O–H groups in total. The average molecular weight is 472 g/mol. The average Bonchev–Trinajstić information content (AvgIpc) is 3.41. The first-order chi connectivity index (χ1) is 17.2. The Morgan fingerprint density at radius 1 is 0.886 bits per heavy atom. The second-order valence-electron chi connectivity index (χ2n) is 8.85. The van der Waals surface area contributed by atoms with Crippen molar-refractivity contribution in [3.63, 3.8) is 0 Å². The fourth-order valence-corrected chi connectivity index (χ4v) is 4.31. The van der Waals surface area contributed by atoms with Crippen LogP contribution in [0, 0.1) is 0 Å². The van der Waals surface area contributed by atoms with Gasteiger partial charge in [-0.25, -0.2) is 4.79 Å². The topological polar surface area (TPSA) is 86.4 Å². The van der Waals surface area contributed by atoms with E-state index in [1.807, 2.05) is 66.7 Å². The molecule has 1 fully saturated rings. The van der Waals surface area contributed by atoms with Crippen LogP contribution in [0.25, 0.3) is 11.1 Å². The molecule has 1 aliphatic rings. The molecule has 0 aliphatic carbocycles. The molecule has 1 unspecified atom stereocenters. The molecule has 3 amide bonds. The summed E-state index contributed by atoms with van der Waals surface area (Å²) in [5, 5.41) is 8.69. The Bertz CT molecular complexity index is 1070. The van der Waals surface area contributed by atoms with Crippen LogP contribution >= 0.6 is 0 Å². The number of amides is 3. The van der Waals surface area contributed by atoms with Crippen LogP contribution in [-0.4, -0.2) is 54.0 Å². The number of nitrogens with zero attached hydrogens (tertiary/aromatic N) is 2. The molecule has 182 valence electrons. The van der Waals surface area contributed by atoms with Gasteiger partial charge in [0.05, 0.1) is 0 Å². The van der Waals surface area contributed by atoms with E-state index >= 15 is 0 Å². The third-order valence-electron chi connectivity index (χ3n) is 6.21. The lowest BCUT2D eigenvalue weighted by atomic mass is 10.1. The van der Waals surface area contributed by atoms with Gasteiger partial charge in [-0.05, 0) is 79.9 Å². The van der Waals surface area contributed by atoms with Crippen molar-refractivity contribution in [2.45, 2.75) is 31.7 Å². The molecule has 0 bridgehead atoms. The van der Waals surface area contributed by atoms with E-state index in [4.69, 9.17) is 0 Å². The summed E-state index contributed by atoms with van der Waals surface area (Å²) < 4.78 is 0. The zero-order valence-electron chi connectivity index (χ0n) is 20.0. The van der Waals surface area contributed by atoms with Gasteiger partial charge in [0.15, 0.2) is 0 Å². The summed E-state index contributed by atoms with van der Waals surface area (Å²) in [6.07, 6.45) is 7.18. The molecule has 35 heavy (non-hydrogen) atoms. The Labute approximate surface area is 207 Å². The van der Waals surface area contributed by atoms with Gasteiger partial charge in [-0.3, -0.25) is 9.78 Å². The van der Waals surface area contributed by atoms with Gasteiger partial charge in [-0.2, -0.15) is 0 Å². The van der Waals surface area contributed by atoms with Crippen LogP contribution in [0.4, 0.5) is 10.5 Å². The third kappa shape index (κ3) is 7.65. The number of urea groups is 1. The standard InChI is InChI=1S/C28H33N5O2/c34-27(30-15-6-20-33-18-4-5-19-33)26(21-22-13-16-29-17-14-22)32-28(35)31-25-11-9-24(10-12-25)23-7-2-1-3-8-23/h1-3,7-14,16-17,26H,4-6,15,18-21H2,(H,30,34)(H2,31,32,35). The van der Waals surface area contributed by atoms with Crippen molar-refractivity contribution in [1.82, 2.24) is 20.5 Å². The number of benzene rings is 2. The number of nitrogens with one attached hydrogen (secondary N) is 3. The lowest BCUT2D eigenvalue weighted by Crippen LogP contribution is -2.49. The monoisotopic (exact) mass is 471 g/mol. The molecule has 2 aromatic carbocycles. The van der Waals surface area contributed by atoms with Crippen LogP contribution in [0.5, 0.6) is 0 Å². The molecule has 1 atom stereocenters. The molecular weight excluding hydrogens is 438 g/mol. The van der Waals surface area contributed by atoms with Crippen LogP contribution < -0.4 is 16.0 Å². The number of hydrogen-bond acceptors (Lipinski definition) is 4. The minimum absolute atomic E-state index is 0.183. The highest BCUT2D eigenvalue weighted by Crippen LogP contribution is 2.21. The van der Waals surface area contributed by atoms with E-state index in [-0.39, 0.29) is 5.91 Å². The van der Waals surface area contributed by atoms with Gasteiger partial charge in [-0.15, -0.1) is 0 Å². The first-order valence-electron chi connectivity index (χ1n) is 12.3. The van der Waals surface area contributed by atoms with Crippen LogP contribution in [-0.2, 0) is 11.2 Å². The van der Waals surface area contributed by atoms with Crippen molar-refractivity contribution in [3.05, 3.63) is 84.7 Å². The van der Waals surface area contributed by atoms with Crippen molar-refractivity contribution in [2.24, 2.45) is 0 Å². The van der Waals surface area contributed by atoms with Crippen molar-refractivity contribution in [2.75, 3.05) is 31.5 Å². The predicted octanol–water partition coefficient (Wildman–Crippen LogP) is 4.08. The van der Waals surface area contributed by atoms with Crippen molar-refractivity contribution in [1.29, 1.82) is 0 Å². The van der Waals surface area contributed by atoms with Crippen molar-refractivity contribution >= 4 is 17.6 Å². The number of rotatable bonds is 10. The molecule has 7 heteroatoms. The number of anilines is 1. The van der Waals surface area contributed by atoms with E-state index < -0.39 is 12.1 Å². The van der Waals surface area contributed by atoms with Crippen molar-refractivity contribution < 1.29 is 9.59 Å². The number of hydrogen-bond donors (Lipinski definition) is 3. The quantitative estimate of drug-likeness (QED) is 0.389. The summed E-state index contributed by atoms with van der Waals surface area (Å²) >= 11 is 0. The van der Waals surface area contributed by atoms with E-state index in [2.05, 4.69) is 25.8 Å². The number of likely N-dealkylation sites (tertiary alicyclic amines) is 1. The van der Waals surface area contributed by atoms with Gasteiger partial charge in [-0.1, -0.05) is 42.5 Å². The van der Waals surface area contributed by atoms with Crippen LogP contribution in [0.2, 0.25) is 0 Å². The normalized spacial score (nSPS) is 14.3. The maximum Gasteiger partial charge on any atom is 0.319 e. The van der Waals surface area contributed by atoms with E-state index in [0.717, 1.165) is 42.7 Å². The highest BCUT2D eigenvalue weighted by molar-refractivity contribution is 5.94. The Kier molecular flexibility index (Phi) is 8.84. The zero-order valence-corrected chi connectivity index (χ0v) is 20.0. The molecule has 1 aliphatic heterocycles. The molecule has 2 heterocycles. The fraction of sp³-hybridized carbons (Fsp3) is 0.321. The van der Waals surface area contributed by atoms with E-state index in [9.17, 15) is 9.59 Å². The SMILES string of the molecule is O=C(Nc1ccc(-c2ccccc2)cc1)NC(Cc1ccncc1)C(=O)NCCCN1CCCC1. The molecule has 1 aromatic heterocycles. The number of carbonyl (C=O) groups excluding carboxylic acids is 2. The van der Waals surface area contributed by atoms with Gasteiger partial charge in [0, 0.05) is 31.0 Å². The zero-order chi connectivity index (χ0) is 24.3. The minimum atomic E-state index is -0.687. The number of aromatic nitrogens is 1. The maximum absolute atomic E-state index is 13.0. The summed E-state index contributed by atoms with van der Waals surface area (Å²) in [6, 6.07) is 20.3. The highest BCUT2D eigenvalue weighted by atomic mass is 16.2. The van der Waals surface area contributed by atoms with Gasteiger partial charge in [0.25, 0.3) is 0 Å². The second kappa shape index (κ2) is 12.7. The molecule has 0 radical (unpaired) electrons. The smallest absolute Gasteiger partial charge is 0.319 e. The van der Waals surface area contributed by atoms with Gasteiger partial charge in [0.2, 0.25) is 5.91 Å². The van der Waals surface area contributed by atoms with E-state index in [1.165, 1.54) is 12.8 Å². The lowest BCUT2D eigenvalue weighted by Gasteiger charge is -2.20. The summed E-state index contributed by atoms with van der Waals surface area (Å²) in [6.45, 7) is 3.87. The Morgan fingerprint density at radius 2 is 1.57 bits per heavy atom. The molecule has 7 nitrogen and oxygen atoms in total. The van der Waals surface area contributed by atoms with Crippen molar-refractivity contribution in [3.8, 4) is 11.1 Å². The summed E-state index contributed by atoms with van der Waals surface area (Å²) in [4.78, 5) is 32.2. The first kappa shape index (κ1) is 24.4. The van der Waals surface area contributed by atoms with Gasteiger partial charge in [0.1, 0.15) is 6.04 Å². The van der Waals surface area contributed by atoms with Crippen LogP contribution in [0.15, 0.2) is 79.1 Å². The largest absolute Gasteiger partial charge is 0.354 e. The van der Waals surface area contributed by atoms with Gasteiger partial charge >= 0.3 is 6.03 Å². The molecule has 0 spiro atoms. The molecule has 0 saturated carbocycles. The summed E-state index contributed by atoms with van der Waals surface area (Å²) in [5.41, 5.74) is 3.78. The first-order valence-corrected chi connectivity index (χ1v) is 12.3. The third-order valence-corrected chi connectivity index (χ3v) is 6.21. The van der Waals surface area contributed by atoms with Crippen LogP contribution in [0.3, 0.4) is 0 Å². The molecule has 3 aromatic rings. The second-order valence-corrected chi connectivity index (χ2v) is 8.85. The van der Waals surface area contributed by atoms with Gasteiger partial charge < -0.3 is 20.9 Å². The highest BCUT2D eigenvalue weighted by Gasteiger charge is 2.21. The number of carbonyl (C=O) groups is 2. The molecule has 4 rings (SSSR count). The minimum Gasteiger partial charge on any atom is -0.354 e. The lowest BCUT2D eigenvalue weighted by molar-refractivity contribution is -0.122. The Balaban J connectivity index is 1.32. The fourth-order valence-electron chi connectivity index (χ4n) is 4.31. The van der Waals surface area contributed by atoms with Crippen LogP contribution in [0.1, 0.15) is 24.8 Å². The predicted molar refractivity (Wildman–Crippen MR) is 139 cm³/mol. The van der Waals surface area contributed by atoms with E-state index in [0.29, 0.717) is 18.7 Å². The Morgan fingerprint density at radius 3 is 2.29 bits per heavy atom. The molecule has 1 saturated heterocycles.